The van der Waals surface area contributed by atoms with Crippen LogP contribution >= 0.6 is 0 Å². The third kappa shape index (κ3) is 7.11. The second-order valence-corrected chi connectivity index (χ2v) is 24.9. The summed E-state index contributed by atoms with van der Waals surface area (Å²) >= 11 is 0. The fourth-order valence-corrected chi connectivity index (χ4v) is 16.5. The van der Waals surface area contributed by atoms with Crippen LogP contribution in [0.15, 0.2) is 328 Å². The summed E-state index contributed by atoms with van der Waals surface area (Å²) in [7, 11) is 0. The van der Waals surface area contributed by atoms with Crippen LogP contribution in [0.3, 0.4) is 0 Å². The second kappa shape index (κ2) is 19.3. The van der Waals surface area contributed by atoms with Gasteiger partial charge in [0.2, 0.25) is 0 Å². The molecular formula is C87H56N2O2. The highest BCUT2D eigenvalue weighted by atomic mass is 16.3. The highest BCUT2D eigenvalue weighted by Gasteiger charge is 2.49. The van der Waals surface area contributed by atoms with E-state index in [1.807, 2.05) is 60.7 Å². The van der Waals surface area contributed by atoms with Crippen molar-refractivity contribution in [2.75, 3.05) is 0 Å². The van der Waals surface area contributed by atoms with Crippen LogP contribution in [0, 0.1) is 0 Å². The predicted octanol–water partition coefficient (Wildman–Crippen LogP) is 20.3. The maximum Gasteiger partial charge on any atom is 0.141 e. The molecule has 0 spiro atoms. The number of para-hydroxylation sites is 2. The molecule has 426 valence electrons. The molecule has 0 saturated heterocycles. The Kier molecular flexibility index (Phi) is 10.9. The lowest BCUT2D eigenvalue weighted by Gasteiger charge is -2.33. The van der Waals surface area contributed by atoms with Crippen LogP contribution in [0.25, 0.3) is 109 Å². The van der Waals surface area contributed by atoms with Crippen molar-refractivity contribution in [2.45, 2.75) is 16.6 Å². The Balaban J connectivity index is 0.784. The molecule has 2 aromatic heterocycles. The molecule has 2 heterocycles. The van der Waals surface area contributed by atoms with E-state index >= 15 is 0 Å². The van der Waals surface area contributed by atoms with Crippen LogP contribution in [-0.2, 0) is 16.6 Å². The van der Waals surface area contributed by atoms with Gasteiger partial charge in [-0.15, -0.1) is 0 Å². The molecule has 0 radical (unpaired) electrons. The maximum atomic E-state index is 13.8. The van der Waals surface area contributed by atoms with Gasteiger partial charge in [-0.3, -0.25) is 0 Å². The van der Waals surface area contributed by atoms with Crippen molar-refractivity contribution in [1.29, 1.82) is 0 Å². The molecule has 1 aliphatic rings. The van der Waals surface area contributed by atoms with E-state index in [1.54, 1.807) is 0 Å². The average molecular weight is 1160 g/mol. The Morgan fingerprint density at radius 1 is 0.242 bits per heavy atom. The topological polar surface area (TPSA) is 50.3 Å². The molecule has 0 amide bonds. The molecule has 0 bridgehead atoms. The van der Waals surface area contributed by atoms with E-state index in [-0.39, 0.29) is 0 Å². The summed E-state index contributed by atoms with van der Waals surface area (Å²) < 4.78 is 4.70. The van der Waals surface area contributed by atoms with E-state index < -0.39 is 16.6 Å². The van der Waals surface area contributed by atoms with Gasteiger partial charge in [0.05, 0.1) is 16.4 Å². The number of aromatic nitrogens is 2. The fraction of sp³-hybridized carbons (Fsp3) is 0.0345. The first-order valence-electron chi connectivity index (χ1n) is 31.4. The zero-order chi connectivity index (χ0) is 60.2. The van der Waals surface area contributed by atoms with E-state index in [0.717, 1.165) is 88.1 Å². The number of nitrogens with zero attached hydrogens (tertiary/aromatic N) is 2. The third-order valence-electron chi connectivity index (χ3n) is 20.5. The Hall–Kier alpha value is -11.4. The zero-order valence-electron chi connectivity index (χ0n) is 49.5. The van der Waals surface area contributed by atoms with Crippen LogP contribution in [0.4, 0.5) is 0 Å². The summed E-state index contributed by atoms with van der Waals surface area (Å²) in [6, 6.07) is 112. The molecule has 2 atom stereocenters. The number of benzene rings is 16. The van der Waals surface area contributed by atoms with E-state index in [9.17, 15) is 10.2 Å². The number of aliphatic hydroxyl groups is 2. The van der Waals surface area contributed by atoms with Crippen LogP contribution in [0.2, 0.25) is 0 Å². The van der Waals surface area contributed by atoms with Crippen molar-refractivity contribution in [3.63, 3.8) is 0 Å². The van der Waals surface area contributed by atoms with Gasteiger partial charge in [-0.2, -0.15) is 0 Å². The first kappa shape index (κ1) is 51.6. The van der Waals surface area contributed by atoms with Crippen molar-refractivity contribution in [2.24, 2.45) is 0 Å². The summed E-state index contributed by atoms with van der Waals surface area (Å²) in [6.07, 6.45) is 4.76. The molecule has 4 heteroatoms. The normalized spacial score (nSPS) is 14.3. The Morgan fingerprint density at radius 3 is 0.989 bits per heavy atom. The smallest absolute Gasteiger partial charge is 0.141 e. The summed E-state index contributed by atoms with van der Waals surface area (Å²) in [5, 5.41) is 43.7. The average Bonchev–Trinajstić information content (AvgIpc) is 1.57. The van der Waals surface area contributed by atoms with E-state index in [1.165, 1.54) is 76.5 Å². The molecule has 2 N–H and O–H groups in total. The van der Waals surface area contributed by atoms with E-state index in [0.29, 0.717) is 0 Å². The molecule has 0 fully saturated rings. The quantitative estimate of drug-likeness (QED) is 0.106. The van der Waals surface area contributed by atoms with Crippen LogP contribution < -0.4 is 0 Å². The van der Waals surface area contributed by atoms with Gasteiger partial charge in [0.25, 0.3) is 0 Å². The van der Waals surface area contributed by atoms with Crippen LogP contribution in [0.5, 0.6) is 0 Å². The fourth-order valence-electron chi connectivity index (χ4n) is 16.5. The van der Waals surface area contributed by atoms with Crippen molar-refractivity contribution in [1.82, 2.24) is 9.13 Å². The third-order valence-corrected chi connectivity index (χ3v) is 20.5. The summed E-state index contributed by atoms with van der Waals surface area (Å²) in [6.45, 7) is 0. The lowest BCUT2D eigenvalue weighted by Crippen LogP contribution is -2.29. The zero-order valence-corrected chi connectivity index (χ0v) is 49.5. The van der Waals surface area contributed by atoms with Gasteiger partial charge in [-0.1, -0.05) is 279 Å². The molecule has 0 saturated carbocycles. The summed E-state index contributed by atoms with van der Waals surface area (Å²) in [5.41, 5.74) is 12.4. The molecule has 0 aliphatic heterocycles. The molecule has 16 aromatic carbocycles. The minimum absolute atomic E-state index is 0.780. The van der Waals surface area contributed by atoms with Crippen LogP contribution in [0.1, 0.15) is 55.6 Å². The molecule has 91 heavy (non-hydrogen) atoms. The van der Waals surface area contributed by atoms with Crippen LogP contribution in [-0.4, -0.2) is 19.3 Å². The van der Waals surface area contributed by atoms with Gasteiger partial charge in [0, 0.05) is 45.7 Å². The molecule has 1 aliphatic carbocycles. The Morgan fingerprint density at radius 2 is 0.571 bits per heavy atom. The van der Waals surface area contributed by atoms with Gasteiger partial charge in [-0.05, 0) is 157 Å². The van der Waals surface area contributed by atoms with Crippen molar-refractivity contribution in [3.8, 4) is 22.5 Å². The van der Waals surface area contributed by atoms with E-state index in [2.05, 4.69) is 276 Å². The Bertz CT molecular complexity index is 5520. The maximum absolute atomic E-state index is 13.8. The molecule has 18 aromatic rings. The van der Waals surface area contributed by atoms with Gasteiger partial charge in [0.1, 0.15) is 11.2 Å². The number of rotatable bonds is 10. The monoisotopic (exact) mass is 1160 g/mol. The summed E-state index contributed by atoms with van der Waals surface area (Å²) in [5.74, 6) is 0. The van der Waals surface area contributed by atoms with Gasteiger partial charge < -0.3 is 19.3 Å². The number of fused-ring (bicyclic) bond motifs is 5. The van der Waals surface area contributed by atoms with E-state index in [4.69, 9.17) is 0 Å². The Labute approximate surface area is 525 Å². The molecular weight excluding hydrogens is 1100 g/mol. The van der Waals surface area contributed by atoms with Crippen molar-refractivity contribution in [3.05, 3.63) is 383 Å². The van der Waals surface area contributed by atoms with Gasteiger partial charge in [0.15, 0.2) is 0 Å². The SMILES string of the molecule is OC(c1ccccc1)(c1ccc(-n2cc(C3(c4cn(-c5ccc(C(O)(c6ccccc6)c6ccc7ccc8cccc9ccc6c7c89)cc5)c5ccccc45)c4ccccc4-c4ccccc43)c3ccccc32)cc1)c1ccc2ccc3cccc4ccc1c2c34. The lowest BCUT2D eigenvalue weighted by atomic mass is 9.67. The highest BCUT2D eigenvalue weighted by Crippen LogP contribution is 2.60. The van der Waals surface area contributed by atoms with Gasteiger partial charge in [-0.25, -0.2) is 0 Å². The first-order valence-corrected chi connectivity index (χ1v) is 31.4. The van der Waals surface area contributed by atoms with Gasteiger partial charge >= 0.3 is 0 Å². The van der Waals surface area contributed by atoms with Crippen molar-refractivity contribution >= 4 is 86.4 Å². The molecule has 4 nitrogen and oxygen atoms in total. The minimum Gasteiger partial charge on any atom is -0.376 e. The standard InChI is InChI=1S/C87H56N2O2/c90-86(61-21-3-1-4-22-61,75-51-39-59-35-33-55-17-15-19-57-37-49-71(75)83(59)81(55)57)63-41-45-65(46-42-63)88-53-77(69-27-9-13-31-79(69)88)85(73-29-11-7-25-67(73)68-26-8-12-30-74(68)85)78-54-89(80-32-14-10-28-70(78)80)66-47-43-64(44-48-66)87(91,62-23-5-2-6-24-62)76-52-40-60-36-34-56-18-16-20-58-38-50-72(76)84(60)82(56)58/h1-54,90-91H. The molecule has 2 unspecified atom stereocenters. The first-order chi connectivity index (χ1) is 44.9. The predicted molar refractivity (Wildman–Crippen MR) is 375 cm³/mol. The largest absolute Gasteiger partial charge is 0.376 e. The molecule has 19 rings (SSSR count). The number of hydrogen-bond donors (Lipinski definition) is 2. The summed E-state index contributed by atoms with van der Waals surface area (Å²) in [4.78, 5) is 0. The highest BCUT2D eigenvalue weighted by molar-refractivity contribution is 6.25. The lowest BCUT2D eigenvalue weighted by molar-refractivity contribution is 0.127. The number of hydrogen-bond acceptors (Lipinski definition) is 2. The van der Waals surface area contributed by atoms with Crippen molar-refractivity contribution < 1.29 is 10.2 Å². The minimum atomic E-state index is -1.49. The second-order valence-electron chi connectivity index (χ2n) is 24.9.